The van der Waals surface area contributed by atoms with Crippen LogP contribution in [-0.2, 0) is 0 Å². The molecule has 1 rings (SSSR count). The predicted molar refractivity (Wildman–Crippen MR) is 45.1 cm³/mol. The Labute approximate surface area is 65.7 Å². The van der Waals surface area contributed by atoms with E-state index < -0.39 is 0 Å². The topological polar surface area (TPSA) is 0 Å². The fourth-order valence-electron chi connectivity index (χ4n) is 0.870. The average molecular weight is 136 g/mol. The number of hydrogen-bond donors (Lipinski definition) is 0. The molecule has 0 aliphatic rings. The molecule has 1 atom stereocenters. The van der Waals surface area contributed by atoms with Crippen molar-refractivity contribution in [1.82, 2.24) is 0 Å². The Morgan fingerprint density at radius 3 is 3.10 bits per heavy atom. The van der Waals surface area contributed by atoms with Crippen LogP contribution >= 0.6 is 0 Å². The Kier molecular flexibility index (Phi) is 1.68. The van der Waals surface area contributed by atoms with Crippen LogP contribution in [0.4, 0.5) is 0 Å². The molecule has 1 aromatic carbocycles. The van der Waals surface area contributed by atoms with Crippen LogP contribution < -0.4 is 0 Å². The molecule has 0 saturated heterocycles. The summed E-state index contributed by atoms with van der Waals surface area (Å²) in [6.45, 7) is 4.19. The molecule has 1 unspecified atom stereocenters. The van der Waals surface area contributed by atoms with Crippen LogP contribution in [0.5, 0.6) is 0 Å². The summed E-state index contributed by atoms with van der Waals surface area (Å²) in [7, 11) is 0. The summed E-state index contributed by atoms with van der Waals surface area (Å²) in [6, 6.07) is 6.20. The molecule has 1 aromatic rings. The van der Waals surface area contributed by atoms with E-state index in [0.717, 1.165) is 12.0 Å². The van der Waals surface area contributed by atoms with Crippen LogP contribution in [-0.4, -0.2) is 0 Å². The third-order valence-corrected chi connectivity index (χ3v) is 1.81. The van der Waals surface area contributed by atoms with Gasteiger partial charge in [0.15, 0.2) is 0 Å². The first-order valence-corrected chi connectivity index (χ1v) is 3.72. The summed E-state index contributed by atoms with van der Waals surface area (Å²) in [6.07, 6.45) is 1.02. The van der Waals surface area contributed by atoms with Crippen molar-refractivity contribution in [2.45, 2.75) is 26.2 Å². The monoisotopic (exact) mass is 136 g/mol. The van der Waals surface area contributed by atoms with Crippen molar-refractivity contribution in [3.63, 3.8) is 0 Å². The van der Waals surface area contributed by atoms with E-state index in [1.807, 2.05) is 0 Å². The van der Waals surface area contributed by atoms with Crippen molar-refractivity contribution in [1.29, 1.82) is 0 Å². The van der Waals surface area contributed by atoms with Gasteiger partial charge in [0.05, 0.1) is 2.74 Å². The van der Waals surface area contributed by atoms with Gasteiger partial charge in [0.2, 0.25) is 0 Å². The van der Waals surface area contributed by atoms with Gasteiger partial charge in [-0.15, -0.1) is 0 Å². The molecule has 0 heteroatoms. The van der Waals surface area contributed by atoms with Gasteiger partial charge < -0.3 is 0 Å². The summed E-state index contributed by atoms with van der Waals surface area (Å²) in [4.78, 5) is 0. The lowest BCUT2D eigenvalue weighted by Crippen LogP contribution is -1.88. The third kappa shape index (κ3) is 1.60. The van der Waals surface area contributed by atoms with Crippen molar-refractivity contribution in [3.05, 3.63) is 35.8 Å². The van der Waals surface area contributed by atoms with Crippen molar-refractivity contribution in [2.24, 2.45) is 0 Å². The molecule has 0 aliphatic heterocycles. The van der Waals surface area contributed by atoms with Gasteiger partial charge in [-0.2, -0.15) is 0 Å². The maximum absolute atomic E-state index is 7.62. The molecule has 54 valence electrons. The molecular formula is C10H14. The first kappa shape index (κ1) is 4.95. The van der Waals surface area contributed by atoms with Crippen molar-refractivity contribution in [2.75, 3.05) is 0 Å². The summed E-state index contributed by atoms with van der Waals surface area (Å²) in [5.74, 6) is 0.391. The van der Waals surface area contributed by atoms with Crippen molar-refractivity contribution < 1.29 is 2.74 Å². The largest absolute Gasteiger partial charge is 0.0648 e. The average Bonchev–Trinajstić information content (AvgIpc) is 2.08. The highest BCUT2D eigenvalue weighted by molar-refractivity contribution is 5.18. The summed E-state index contributed by atoms with van der Waals surface area (Å²) in [5, 5.41) is 0. The highest BCUT2D eigenvalue weighted by Crippen LogP contribution is 2.16. The second-order valence-electron chi connectivity index (χ2n) is 2.55. The molecule has 0 saturated carbocycles. The molecule has 0 N–H and O–H groups in total. The molecule has 0 aliphatic carbocycles. The Morgan fingerprint density at radius 1 is 1.60 bits per heavy atom. The van der Waals surface area contributed by atoms with E-state index in [1.165, 1.54) is 0 Å². The quantitative estimate of drug-likeness (QED) is 0.585. The molecular weight excluding hydrogens is 120 g/mol. The Morgan fingerprint density at radius 2 is 2.40 bits per heavy atom. The Balaban J connectivity index is 3.04. The molecule has 0 radical (unpaired) electrons. The lowest BCUT2D eigenvalue weighted by atomic mass is 9.99. The minimum absolute atomic E-state index is 0.391. The Hall–Kier alpha value is -0.780. The minimum atomic E-state index is 0.391. The van der Waals surface area contributed by atoms with Crippen LogP contribution in [0.3, 0.4) is 0 Å². The van der Waals surface area contributed by atoms with Crippen LogP contribution in [0.1, 0.15) is 34.5 Å². The zero-order valence-corrected chi connectivity index (χ0v) is 6.52. The molecule has 0 aromatic heterocycles. The van der Waals surface area contributed by atoms with E-state index in [-0.39, 0.29) is 0 Å². The van der Waals surface area contributed by atoms with Gasteiger partial charge in [-0.05, 0) is 17.9 Å². The van der Waals surface area contributed by atoms with Gasteiger partial charge in [-0.1, -0.05) is 44.1 Å². The van der Waals surface area contributed by atoms with Gasteiger partial charge in [-0.3, -0.25) is 0 Å². The van der Waals surface area contributed by atoms with E-state index >= 15 is 0 Å². The first-order chi connectivity index (χ1) is 5.65. The zero-order valence-electron chi connectivity index (χ0n) is 8.52. The van der Waals surface area contributed by atoms with Crippen molar-refractivity contribution >= 4 is 0 Å². The lowest BCUT2D eigenvalue weighted by Gasteiger charge is -2.06. The highest BCUT2D eigenvalue weighted by atomic mass is 14.0. The fraction of sp³-hybridized carbons (Fsp3) is 0.400. The Bertz CT molecular complexity index is 269. The molecule has 0 spiro atoms. The van der Waals surface area contributed by atoms with Gasteiger partial charge in [0.25, 0.3) is 0 Å². The number of rotatable bonds is 2. The predicted octanol–water partition coefficient (Wildman–Crippen LogP) is 3.20. The van der Waals surface area contributed by atoms with E-state index in [0.29, 0.717) is 18.0 Å². The first-order valence-electron chi connectivity index (χ1n) is 4.72. The molecule has 10 heavy (non-hydrogen) atoms. The lowest BCUT2D eigenvalue weighted by molar-refractivity contribution is 0.733. The van der Waals surface area contributed by atoms with E-state index in [2.05, 4.69) is 13.8 Å². The van der Waals surface area contributed by atoms with Crippen molar-refractivity contribution in [3.8, 4) is 0 Å². The van der Waals surface area contributed by atoms with Gasteiger partial charge in [-0.25, -0.2) is 0 Å². The molecule has 0 amide bonds. The molecule has 0 heterocycles. The molecule has 0 fully saturated rings. The van der Waals surface area contributed by atoms with E-state index in [9.17, 15) is 0 Å². The maximum Gasteiger partial charge on any atom is 0.0626 e. The van der Waals surface area contributed by atoms with Gasteiger partial charge in [0, 0.05) is 0 Å². The summed E-state index contributed by atoms with van der Waals surface area (Å²) < 4.78 is 15.0. The van der Waals surface area contributed by atoms with Gasteiger partial charge in [0.1, 0.15) is 0 Å². The summed E-state index contributed by atoms with van der Waals surface area (Å²) in [5.41, 5.74) is 0.991. The minimum Gasteiger partial charge on any atom is -0.0648 e. The maximum atomic E-state index is 7.62. The van der Waals surface area contributed by atoms with E-state index in [4.69, 9.17) is 2.74 Å². The van der Waals surface area contributed by atoms with Crippen LogP contribution in [0, 0.1) is 0 Å². The van der Waals surface area contributed by atoms with E-state index in [1.54, 1.807) is 18.2 Å². The number of benzene rings is 1. The molecule has 0 bridgehead atoms. The van der Waals surface area contributed by atoms with Crippen LogP contribution in [0.2, 0.25) is 0 Å². The van der Waals surface area contributed by atoms with Crippen LogP contribution in [0.25, 0.3) is 0 Å². The fourth-order valence-corrected chi connectivity index (χ4v) is 0.870. The SMILES string of the molecule is [2H]c1ccc([2H])c(C(C)CC)c1. The van der Waals surface area contributed by atoms with Gasteiger partial charge >= 0.3 is 0 Å². The standard InChI is InChI=1S/C10H14/c1-3-9(2)10-7-5-4-6-8-10/h4-9H,3H2,1-2H3/i5D,8D. The third-order valence-electron chi connectivity index (χ3n) is 1.81. The second-order valence-corrected chi connectivity index (χ2v) is 2.55. The normalized spacial score (nSPS) is 15.8. The molecule has 0 nitrogen and oxygen atoms in total. The van der Waals surface area contributed by atoms with Crippen LogP contribution in [0.15, 0.2) is 30.3 Å². The number of hydrogen-bond acceptors (Lipinski definition) is 0. The second kappa shape index (κ2) is 3.40. The smallest absolute Gasteiger partial charge is 0.0626 e. The summed E-state index contributed by atoms with van der Waals surface area (Å²) >= 11 is 0. The zero-order chi connectivity index (χ0) is 9.14. The highest BCUT2D eigenvalue weighted by Gasteiger charge is 1.98.